The van der Waals surface area contributed by atoms with Crippen LogP contribution in [0.5, 0.6) is 0 Å². The molecule has 110 valence electrons. The Hall–Kier alpha value is -2.22. The van der Waals surface area contributed by atoms with E-state index >= 15 is 0 Å². The van der Waals surface area contributed by atoms with Crippen molar-refractivity contribution in [2.24, 2.45) is 7.05 Å². The van der Waals surface area contributed by atoms with Gasteiger partial charge in [-0.2, -0.15) is 4.98 Å². The maximum Gasteiger partial charge on any atom is 0.339 e. The molecule has 0 aliphatic heterocycles. The minimum absolute atomic E-state index is 0.222. The molecule has 1 unspecified atom stereocenters. The molecule has 0 fully saturated rings. The Morgan fingerprint density at radius 2 is 1.95 bits per heavy atom. The molecule has 1 aromatic carbocycles. The zero-order chi connectivity index (χ0) is 15.6. The van der Waals surface area contributed by atoms with Crippen LogP contribution in [0.4, 0.5) is 4.39 Å². The van der Waals surface area contributed by atoms with Gasteiger partial charge in [-0.15, -0.1) is 0 Å². The summed E-state index contributed by atoms with van der Waals surface area (Å²) in [4.78, 5) is 38.2. The number of aryl methyl sites for hydroxylation is 1. The number of halogens is 1. The maximum absolute atomic E-state index is 12.8. The smallest absolute Gasteiger partial charge is 0.293 e. The van der Waals surface area contributed by atoms with Gasteiger partial charge in [-0.3, -0.25) is 24.2 Å². The highest BCUT2D eigenvalue weighted by molar-refractivity contribution is 8.00. The number of thioether (sulfide) groups is 1. The zero-order valence-corrected chi connectivity index (χ0v) is 12.1. The molecule has 6 nitrogen and oxygen atoms in total. The minimum atomic E-state index is -0.906. The second kappa shape index (κ2) is 6.04. The van der Waals surface area contributed by atoms with E-state index in [0.29, 0.717) is 5.56 Å². The number of Topliss-reactive ketones (excluding diaryl/α,β-unsaturated/α-hetero) is 1. The third-order valence-electron chi connectivity index (χ3n) is 2.73. The van der Waals surface area contributed by atoms with E-state index < -0.39 is 22.2 Å². The molecule has 0 radical (unpaired) electrons. The lowest BCUT2D eigenvalue weighted by atomic mass is 10.1. The van der Waals surface area contributed by atoms with Gasteiger partial charge in [0.25, 0.3) is 0 Å². The van der Waals surface area contributed by atoms with Crippen molar-refractivity contribution in [3.8, 4) is 0 Å². The number of aromatic nitrogens is 3. The monoisotopic (exact) mass is 309 g/mol. The normalized spacial score (nSPS) is 12.1. The van der Waals surface area contributed by atoms with Gasteiger partial charge in [0.15, 0.2) is 10.9 Å². The highest BCUT2D eigenvalue weighted by Gasteiger charge is 2.19. The molecule has 0 saturated carbocycles. The fourth-order valence-corrected chi connectivity index (χ4v) is 2.53. The summed E-state index contributed by atoms with van der Waals surface area (Å²) in [6.45, 7) is 1.65. The SMILES string of the molecule is CC(Sc1nc(=O)c(=O)[nH]n1C)C(=O)c1ccc(F)cc1. The molecule has 8 heteroatoms. The van der Waals surface area contributed by atoms with Crippen LogP contribution in [0.3, 0.4) is 0 Å². The van der Waals surface area contributed by atoms with Crippen LogP contribution in [0.25, 0.3) is 0 Å². The molecule has 0 spiro atoms. The van der Waals surface area contributed by atoms with Crippen LogP contribution < -0.4 is 11.1 Å². The van der Waals surface area contributed by atoms with Crippen LogP contribution in [0.1, 0.15) is 17.3 Å². The molecule has 0 aliphatic carbocycles. The van der Waals surface area contributed by atoms with Crippen LogP contribution in [0, 0.1) is 5.82 Å². The highest BCUT2D eigenvalue weighted by Crippen LogP contribution is 2.22. The van der Waals surface area contributed by atoms with Crippen molar-refractivity contribution in [2.45, 2.75) is 17.3 Å². The first-order valence-corrected chi connectivity index (χ1v) is 6.90. The lowest BCUT2D eigenvalue weighted by molar-refractivity contribution is 0.0994. The van der Waals surface area contributed by atoms with Gasteiger partial charge in [0.1, 0.15) is 5.82 Å². The number of rotatable bonds is 4. The third-order valence-corrected chi connectivity index (χ3v) is 3.87. The van der Waals surface area contributed by atoms with Crippen molar-refractivity contribution >= 4 is 17.5 Å². The van der Waals surface area contributed by atoms with Crippen LogP contribution >= 0.6 is 11.8 Å². The molecule has 1 atom stereocenters. The Kier molecular flexibility index (Phi) is 4.37. The molecule has 0 saturated heterocycles. The molecule has 2 rings (SSSR count). The number of carbonyl (C=O) groups is 1. The number of carbonyl (C=O) groups excluding carboxylic acids is 1. The van der Waals surface area contributed by atoms with Crippen LogP contribution in [-0.2, 0) is 7.05 Å². The Morgan fingerprint density at radius 3 is 2.57 bits per heavy atom. The first-order chi connectivity index (χ1) is 9.88. The molecule has 2 aromatic rings. The van der Waals surface area contributed by atoms with Crippen LogP contribution in [0.15, 0.2) is 39.0 Å². The average Bonchev–Trinajstić information content (AvgIpc) is 2.44. The number of H-pyrrole nitrogens is 1. The highest BCUT2D eigenvalue weighted by atomic mass is 32.2. The van der Waals surface area contributed by atoms with E-state index in [9.17, 15) is 18.8 Å². The molecule has 0 bridgehead atoms. The molecule has 1 N–H and O–H groups in total. The zero-order valence-electron chi connectivity index (χ0n) is 11.3. The van der Waals surface area contributed by atoms with Crippen molar-refractivity contribution in [2.75, 3.05) is 0 Å². The third kappa shape index (κ3) is 3.46. The lowest BCUT2D eigenvalue weighted by Gasteiger charge is -2.11. The quantitative estimate of drug-likeness (QED) is 0.517. The summed E-state index contributed by atoms with van der Waals surface area (Å²) in [6, 6.07) is 5.21. The first kappa shape index (κ1) is 15.2. The summed E-state index contributed by atoms with van der Waals surface area (Å²) < 4.78 is 14.1. The number of nitrogens with one attached hydrogen (secondary N) is 1. The topological polar surface area (TPSA) is 84.8 Å². The van der Waals surface area contributed by atoms with Gasteiger partial charge < -0.3 is 0 Å². The van der Waals surface area contributed by atoms with E-state index in [1.165, 1.54) is 36.0 Å². The van der Waals surface area contributed by atoms with E-state index in [1.54, 1.807) is 6.92 Å². The summed E-state index contributed by atoms with van der Waals surface area (Å²) >= 11 is 1.04. The molecule has 0 amide bonds. The van der Waals surface area contributed by atoms with E-state index in [0.717, 1.165) is 11.8 Å². The van der Waals surface area contributed by atoms with E-state index in [2.05, 4.69) is 10.1 Å². The minimum Gasteiger partial charge on any atom is -0.293 e. The summed E-state index contributed by atoms with van der Waals surface area (Å²) in [5.74, 6) is -0.642. The van der Waals surface area contributed by atoms with Gasteiger partial charge in [0.2, 0.25) is 0 Å². The number of ketones is 1. The molecule has 1 aromatic heterocycles. The largest absolute Gasteiger partial charge is 0.339 e. The molecular formula is C13H12FN3O3S. The molecular weight excluding hydrogens is 297 g/mol. The van der Waals surface area contributed by atoms with Crippen LogP contribution in [0.2, 0.25) is 0 Å². The number of hydrogen-bond donors (Lipinski definition) is 1. The van der Waals surface area contributed by atoms with Crippen molar-refractivity contribution in [1.82, 2.24) is 14.8 Å². The van der Waals surface area contributed by atoms with Gasteiger partial charge in [-0.05, 0) is 31.2 Å². The summed E-state index contributed by atoms with van der Waals surface area (Å²) in [5, 5.41) is 1.99. The Morgan fingerprint density at radius 1 is 1.33 bits per heavy atom. The molecule has 0 aliphatic rings. The fraction of sp³-hybridized carbons (Fsp3) is 0.231. The molecule has 21 heavy (non-hydrogen) atoms. The van der Waals surface area contributed by atoms with Gasteiger partial charge in [0.05, 0.1) is 5.25 Å². The van der Waals surface area contributed by atoms with Gasteiger partial charge >= 0.3 is 11.1 Å². The number of aromatic amines is 1. The van der Waals surface area contributed by atoms with Crippen LogP contribution in [-0.4, -0.2) is 25.8 Å². The molecule has 1 heterocycles. The Balaban J connectivity index is 2.21. The lowest BCUT2D eigenvalue weighted by Crippen LogP contribution is -2.34. The van der Waals surface area contributed by atoms with Crippen molar-refractivity contribution in [3.05, 3.63) is 56.4 Å². The number of benzene rings is 1. The maximum atomic E-state index is 12.8. The fourth-order valence-electron chi connectivity index (χ4n) is 1.63. The Labute approximate surface area is 123 Å². The van der Waals surface area contributed by atoms with E-state index in [1.807, 2.05) is 0 Å². The first-order valence-electron chi connectivity index (χ1n) is 6.02. The van der Waals surface area contributed by atoms with Crippen molar-refractivity contribution < 1.29 is 9.18 Å². The summed E-state index contributed by atoms with van der Waals surface area (Å²) in [5.41, 5.74) is -1.36. The predicted octanol–water partition coefficient (Wildman–Crippen LogP) is 0.971. The van der Waals surface area contributed by atoms with Gasteiger partial charge in [-0.25, -0.2) is 4.39 Å². The van der Waals surface area contributed by atoms with Gasteiger partial charge in [0, 0.05) is 12.6 Å². The van der Waals surface area contributed by atoms with E-state index in [4.69, 9.17) is 0 Å². The Bertz CT molecular complexity index is 782. The van der Waals surface area contributed by atoms with Crippen molar-refractivity contribution in [3.63, 3.8) is 0 Å². The summed E-state index contributed by atoms with van der Waals surface area (Å²) in [6.07, 6.45) is 0. The second-order valence-corrected chi connectivity index (χ2v) is 5.64. The van der Waals surface area contributed by atoms with Crippen molar-refractivity contribution in [1.29, 1.82) is 0 Å². The number of hydrogen-bond acceptors (Lipinski definition) is 5. The van der Waals surface area contributed by atoms with E-state index in [-0.39, 0.29) is 10.9 Å². The van der Waals surface area contributed by atoms with Gasteiger partial charge in [-0.1, -0.05) is 11.8 Å². The summed E-state index contributed by atoms with van der Waals surface area (Å²) in [7, 11) is 1.52. The number of nitrogens with zero attached hydrogens (tertiary/aromatic N) is 2. The second-order valence-electron chi connectivity index (χ2n) is 4.33. The predicted molar refractivity (Wildman–Crippen MR) is 76.1 cm³/mol. The standard InChI is InChI=1S/C13H12FN3O3S/c1-7(10(18)8-3-5-9(14)6-4-8)21-13-15-11(19)12(20)16-17(13)2/h3-7H,1-2H3,(H,16,20). The average molecular weight is 309 g/mol.